The number of likely N-dealkylation sites (N-methyl/N-ethyl adjacent to an activating group) is 1. The summed E-state index contributed by atoms with van der Waals surface area (Å²) < 4.78 is 44.9. The minimum absolute atomic E-state index is 0.00753. The van der Waals surface area contributed by atoms with Crippen molar-refractivity contribution >= 4 is 51.8 Å². The van der Waals surface area contributed by atoms with Crippen LogP contribution in [0.4, 0.5) is 23.9 Å². The molecule has 5 rings (SSSR count). The van der Waals surface area contributed by atoms with Crippen LogP contribution in [0.2, 0.25) is 0 Å². The molecule has 0 N–H and O–H groups in total. The monoisotopic (exact) mass is 810 g/mol. The van der Waals surface area contributed by atoms with Gasteiger partial charge in [-0.3, -0.25) is 4.90 Å². The zero-order chi connectivity index (χ0) is 41.8. The number of nitrogens with zero attached hydrogens (tertiary/aromatic N) is 6. The molecule has 0 radical (unpaired) electrons. The topological polar surface area (TPSA) is 155 Å². The lowest BCUT2D eigenvalue weighted by atomic mass is 10.1. The van der Waals surface area contributed by atoms with E-state index in [2.05, 4.69) is 9.97 Å². The largest absolute Gasteiger partial charge is 0.467 e. The predicted octanol–water partition coefficient (Wildman–Crippen LogP) is 7.18. The van der Waals surface area contributed by atoms with Gasteiger partial charge in [-0.2, -0.15) is 0 Å². The maximum Gasteiger partial charge on any atom is 0.416 e. The summed E-state index contributed by atoms with van der Waals surface area (Å²) in [7, 11) is 4.39. The van der Waals surface area contributed by atoms with Gasteiger partial charge < -0.3 is 33.2 Å². The molecule has 0 bridgehead atoms. The summed E-state index contributed by atoms with van der Waals surface area (Å²) in [6.45, 7) is 12.7. The number of aryl methyl sites for hydroxylation is 1. The van der Waals surface area contributed by atoms with Crippen molar-refractivity contribution < 1.29 is 47.3 Å². The Morgan fingerprint density at radius 1 is 1.00 bits per heavy atom. The molecule has 3 amide bonds. The Morgan fingerprint density at radius 3 is 2.30 bits per heavy atom. The Kier molecular flexibility index (Phi) is 13.1. The molecular weight excluding hydrogens is 760 g/mol. The highest BCUT2D eigenvalue weighted by Gasteiger charge is 2.46. The van der Waals surface area contributed by atoms with Crippen LogP contribution in [-0.2, 0) is 41.6 Å². The second kappa shape index (κ2) is 17.5. The minimum atomic E-state index is -1.06. The van der Waals surface area contributed by atoms with Gasteiger partial charge in [0.25, 0.3) is 0 Å². The van der Waals surface area contributed by atoms with E-state index in [0.29, 0.717) is 27.3 Å². The Bertz CT molecular complexity index is 2080. The van der Waals surface area contributed by atoms with E-state index in [9.17, 15) is 19.2 Å². The normalized spacial score (nSPS) is 16.3. The van der Waals surface area contributed by atoms with Crippen LogP contribution in [0, 0.1) is 12.7 Å². The summed E-state index contributed by atoms with van der Waals surface area (Å²) in [5.74, 6) is -0.621. The number of hydrogen-bond acceptors (Lipinski definition) is 12. The zero-order valence-electron chi connectivity index (χ0n) is 34.0. The van der Waals surface area contributed by atoms with Crippen LogP contribution in [0.3, 0.4) is 0 Å². The van der Waals surface area contributed by atoms with Crippen molar-refractivity contribution in [3.63, 3.8) is 0 Å². The Labute approximate surface area is 335 Å². The Morgan fingerprint density at radius 2 is 1.67 bits per heavy atom. The first kappa shape index (κ1) is 42.8. The van der Waals surface area contributed by atoms with Crippen LogP contribution in [-0.4, -0.2) is 112 Å². The zero-order valence-corrected chi connectivity index (χ0v) is 34.8. The van der Waals surface area contributed by atoms with E-state index >= 15 is 4.39 Å². The maximum atomic E-state index is 15.3. The first-order chi connectivity index (χ1) is 26.8. The molecule has 1 saturated heterocycles. The maximum absolute atomic E-state index is 15.3. The number of methoxy groups -OCH3 is 2. The van der Waals surface area contributed by atoms with Crippen LogP contribution < -0.4 is 4.90 Å². The average molecular weight is 811 g/mol. The fraction of sp³-hybridized carbons (Fsp3) is 0.500. The van der Waals surface area contributed by atoms with Gasteiger partial charge in [-0.15, -0.1) is 0 Å². The molecule has 3 heterocycles. The van der Waals surface area contributed by atoms with E-state index in [1.54, 1.807) is 62.6 Å². The fourth-order valence-electron chi connectivity index (χ4n) is 6.45. The minimum Gasteiger partial charge on any atom is -0.467 e. The molecule has 57 heavy (non-hydrogen) atoms. The number of anilines is 1. The first-order valence-electron chi connectivity index (χ1n) is 18.4. The molecule has 0 saturated carbocycles. The molecule has 15 nitrogen and oxygen atoms in total. The first-order valence-corrected chi connectivity index (χ1v) is 19.3. The number of imidazole rings is 1. The van der Waals surface area contributed by atoms with Crippen LogP contribution in [0.1, 0.15) is 59.4 Å². The smallest absolute Gasteiger partial charge is 0.416 e. The summed E-state index contributed by atoms with van der Waals surface area (Å²) in [6.07, 6.45) is -0.964. The third-order valence-corrected chi connectivity index (χ3v) is 10.0. The fourth-order valence-corrected chi connectivity index (χ4v) is 7.45. The number of carbonyl (C=O) groups is 4. The summed E-state index contributed by atoms with van der Waals surface area (Å²) in [6, 6.07) is 9.97. The van der Waals surface area contributed by atoms with E-state index in [4.69, 9.17) is 23.7 Å². The quantitative estimate of drug-likeness (QED) is 0.112. The van der Waals surface area contributed by atoms with Gasteiger partial charge in [-0.25, -0.2) is 38.4 Å². The Balaban J connectivity index is 1.49. The van der Waals surface area contributed by atoms with Gasteiger partial charge in [-0.1, -0.05) is 41.7 Å². The van der Waals surface area contributed by atoms with Crippen LogP contribution in [0.5, 0.6) is 0 Å². The molecule has 1 aliphatic heterocycles. The second-order valence-corrected chi connectivity index (χ2v) is 16.8. The highest BCUT2D eigenvalue weighted by molar-refractivity contribution is 7.19. The number of thiazole rings is 1. The molecule has 3 atom stereocenters. The van der Waals surface area contributed by atoms with Crippen molar-refractivity contribution in [3.8, 4) is 10.4 Å². The Hall–Kier alpha value is -5.29. The molecule has 2 aromatic heterocycles. The van der Waals surface area contributed by atoms with Crippen molar-refractivity contribution in [2.24, 2.45) is 0 Å². The van der Waals surface area contributed by atoms with E-state index < -0.39 is 59.5 Å². The van der Waals surface area contributed by atoms with Gasteiger partial charge in [0.15, 0.2) is 5.13 Å². The summed E-state index contributed by atoms with van der Waals surface area (Å²) in [4.78, 5) is 67.0. The second-order valence-electron chi connectivity index (χ2n) is 15.8. The number of carbonyl (C=O) groups excluding carboxylic acids is 4. The number of benzene rings is 2. The van der Waals surface area contributed by atoms with Crippen LogP contribution in [0.15, 0.2) is 48.7 Å². The van der Waals surface area contributed by atoms with Gasteiger partial charge in [0, 0.05) is 44.9 Å². The van der Waals surface area contributed by atoms with Crippen molar-refractivity contribution in [1.29, 1.82) is 0 Å². The molecular formula is C40H51FN6O9S. The number of hydrogen-bond donors (Lipinski definition) is 0. The van der Waals surface area contributed by atoms with Gasteiger partial charge in [0.1, 0.15) is 35.5 Å². The molecule has 1 aliphatic rings. The van der Waals surface area contributed by atoms with Crippen molar-refractivity contribution in [2.45, 2.75) is 97.4 Å². The standard InChI is InChI=1S/C40H51FN6O9S/c1-24-43-30-17-26(41)16-29(33(30)45(24)22-28(52-9)21-44(8)36(49)55-39(2,3)4)32-19-42-35(57-32)47(38(51)56-40(5,6)7)27-18-31(34(48)53-10)46(20-27)37(50)54-23-25-14-12-11-13-15-25/h11-17,19,27-28,31H,18,20-23H2,1-10H3/t27-,28?,31-/m0/s1. The number of halogens is 1. The van der Waals surface area contributed by atoms with E-state index in [-0.39, 0.29) is 37.8 Å². The molecule has 308 valence electrons. The van der Waals surface area contributed by atoms with E-state index in [1.165, 1.54) is 40.1 Å². The lowest BCUT2D eigenvalue weighted by molar-refractivity contribution is -0.145. The molecule has 1 unspecified atom stereocenters. The molecule has 0 spiro atoms. The van der Waals surface area contributed by atoms with Crippen molar-refractivity contribution in [1.82, 2.24) is 24.3 Å². The highest BCUT2D eigenvalue weighted by atomic mass is 32.1. The van der Waals surface area contributed by atoms with Gasteiger partial charge in [0.05, 0.1) is 48.3 Å². The third kappa shape index (κ3) is 10.6. The number of likely N-dealkylation sites (tertiary alicyclic amines) is 1. The molecule has 1 fully saturated rings. The number of ether oxygens (including phenoxy) is 5. The molecule has 2 aromatic carbocycles. The SMILES string of the molecule is COC(=O)[C@@H]1C[C@H](N(C(=O)OC(C)(C)C)c2ncc(-c3cc(F)cc4nc(C)n(CC(CN(C)C(=O)OC(C)(C)C)OC)c34)s2)CN1C(=O)OCc1ccccc1. The highest BCUT2D eigenvalue weighted by Crippen LogP contribution is 2.39. The lowest BCUT2D eigenvalue weighted by Gasteiger charge is -2.29. The van der Waals surface area contributed by atoms with E-state index in [0.717, 1.165) is 16.9 Å². The van der Waals surface area contributed by atoms with E-state index in [1.807, 2.05) is 34.9 Å². The van der Waals surface area contributed by atoms with Gasteiger partial charge in [-0.05, 0) is 60.1 Å². The molecule has 0 aliphatic carbocycles. The van der Waals surface area contributed by atoms with Crippen molar-refractivity contribution in [2.75, 3.05) is 39.3 Å². The number of amides is 3. The third-order valence-electron chi connectivity index (χ3n) is 9.01. The lowest BCUT2D eigenvalue weighted by Crippen LogP contribution is -2.45. The van der Waals surface area contributed by atoms with Gasteiger partial charge >= 0.3 is 24.2 Å². The van der Waals surface area contributed by atoms with Crippen LogP contribution >= 0.6 is 11.3 Å². The molecule has 4 aromatic rings. The number of aromatic nitrogens is 3. The van der Waals surface area contributed by atoms with Gasteiger partial charge in [0.2, 0.25) is 0 Å². The van der Waals surface area contributed by atoms with Crippen molar-refractivity contribution in [3.05, 3.63) is 65.9 Å². The number of fused-ring (bicyclic) bond motifs is 1. The average Bonchev–Trinajstić information content (AvgIpc) is 3.86. The molecule has 17 heteroatoms. The predicted molar refractivity (Wildman–Crippen MR) is 211 cm³/mol. The van der Waals surface area contributed by atoms with Crippen LogP contribution in [0.25, 0.3) is 21.5 Å². The summed E-state index contributed by atoms with van der Waals surface area (Å²) >= 11 is 1.11. The summed E-state index contributed by atoms with van der Waals surface area (Å²) in [5, 5.41) is 0.196. The number of rotatable bonds is 11. The number of esters is 1. The summed E-state index contributed by atoms with van der Waals surface area (Å²) in [5.41, 5.74) is 0.616.